The quantitative estimate of drug-likeness (QED) is 0.349. The van der Waals surface area contributed by atoms with Crippen LogP contribution in [0, 0.1) is 5.82 Å². The first kappa shape index (κ1) is 23.6. The summed E-state index contributed by atoms with van der Waals surface area (Å²) < 4.78 is 22.4. The van der Waals surface area contributed by atoms with E-state index in [2.05, 4.69) is 34.9 Å². The summed E-state index contributed by atoms with van der Waals surface area (Å²) in [6.07, 6.45) is 3.13. The van der Waals surface area contributed by atoms with E-state index in [9.17, 15) is 4.79 Å². The van der Waals surface area contributed by atoms with Crippen LogP contribution in [0.25, 0.3) is 16.8 Å². The zero-order valence-corrected chi connectivity index (χ0v) is 20.5. The molecule has 1 aliphatic heterocycles. The lowest BCUT2D eigenvalue weighted by molar-refractivity contribution is 0.0952. The Morgan fingerprint density at radius 3 is 2.58 bits per heavy atom. The van der Waals surface area contributed by atoms with Crippen LogP contribution in [0.15, 0.2) is 78.0 Å². The van der Waals surface area contributed by atoms with Crippen molar-refractivity contribution in [3.8, 4) is 22.6 Å². The molecule has 0 saturated heterocycles. The van der Waals surface area contributed by atoms with Gasteiger partial charge in [-0.3, -0.25) is 14.4 Å². The van der Waals surface area contributed by atoms with Gasteiger partial charge in [-0.15, -0.1) is 0 Å². The van der Waals surface area contributed by atoms with Crippen LogP contribution in [0.1, 0.15) is 40.3 Å². The van der Waals surface area contributed by atoms with Crippen molar-refractivity contribution in [3.63, 3.8) is 0 Å². The van der Waals surface area contributed by atoms with Crippen molar-refractivity contribution in [1.82, 2.24) is 14.5 Å². The van der Waals surface area contributed by atoms with Crippen LogP contribution in [0.5, 0.6) is 5.75 Å². The molecule has 36 heavy (non-hydrogen) atoms. The number of carbonyl (C=O) groups excluding carboxylic acids is 1. The minimum Gasteiger partial charge on any atom is -0.497 e. The molecule has 0 N–H and O–H groups in total. The number of ketones is 1. The van der Waals surface area contributed by atoms with Crippen molar-refractivity contribution in [3.05, 3.63) is 101 Å². The van der Waals surface area contributed by atoms with E-state index in [-0.39, 0.29) is 11.3 Å². The molecule has 182 valence electrons. The number of carbonyl (C=O) groups is 1. The van der Waals surface area contributed by atoms with Crippen LogP contribution in [0.2, 0.25) is 0 Å². The summed E-state index contributed by atoms with van der Waals surface area (Å²) in [5, 5.41) is 0. The van der Waals surface area contributed by atoms with Gasteiger partial charge in [-0.25, -0.2) is 9.37 Å². The van der Waals surface area contributed by atoms with Crippen molar-refractivity contribution in [1.29, 1.82) is 0 Å². The fourth-order valence-electron chi connectivity index (χ4n) is 4.46. The number of benzene rings is 3. The molecule has 4 aromatic rings. The first-order valence-corrected chi connectivity index (χ1v) is 11.9. The second-order valence-electron chi connectivity index (χ2n) is 8.82. The molecule has 0 bridgehead atoms. The monoisotopic (exact) mass is 482 g/mol. The Kier molecular flexibility index (Phi) is 6.48. The molecule has 5 rings (SSSR count). The number of halogens is 1. The van der Waals surface area contributed by atoms with Crippen LogP contribution < -0.4 is 4.74 Å². The molecule has 0 amide bonds. The standard InChI is InChI=1S/C29H27FN4O2/c1-4-33(2)17-20-7-5-6-8-23(20)19-9-14-24(25(30)15-19)27-29(35)28-26(16-31-27)32-18-34(28)21-10-12-22(36-3)13-11-21/h5-16,18,27H,4,17H2,1-3H3. The third-order valence-electron chi connectivity index (χ3n) is 6.58. The summed E-state index contributed by atoms with van der Waals surface area (Å²) in [5.74, 6) is -0.0402. The molecule has 0 radical (unpaired) electrons. The molecule has 3 aromatic carbocycles. The highest BCUT2D eigenvalue weighted by atomic mass is 19.1. The lowest BCUT2D eigenvalue weighted by atomic mass is 9.93. The van der Waals surface area contributed by atoms with Gasteiger partial charge in [0, 0.05) is 17.8 Å². The van der Waals surface area contributed by atoms with Gasteiger partial charge >= 0.3 is 0 Å². The van der Waals surface area contributed by atoms with Crippen molar-refractivity contribution in [2.24, 2.45) is 4.99 Å². The molecular formula is C29H27FN4O2. The number of aliphatic imine (C=N–C) groups is 1. The van der Waals surface area contributed by atoms with Crippen LogP contribution in [0.3, 0.4) is 0 Å². The van der Waals surface area contributed by atoms with Crippen molar-refractivity contribution < 1.29 is 13.9 Å². The van der Waals surface area contributed by atoms with E-state index in [0.29, 0.717) is 17.1 Å². The molecule has 0 saturated carbocycles. The largest absolute Gasteiger partial charge is 0.497 e. The zero-order valence-electron chi connectivity index (χ0n) is 20.5. The minimum atomic E-state index is -0.971. The Bertz CT molecular complexity index is 1440. The summed E-state index contributed by atoms with van der Waals surface area (Å²) in [7, 11) is 3.65. The van der Waals surface area contributed by atoms with E-state index in [1.165, 1.54) is 6.07 Å². The average molecular weight is 483 g/mol. The smallest absolute Gasteiger partial charge is 0.210 e. The van der Waals surface area contributed by atoms with Crippen LogP contribution in [-0.4, -0.2) is 47.2 Å². The van der Waals surface area contributed by atoms with Crippen LogP contribution in [-0.2, 0) is 6.54 Å². The maximum absolute atomic E-state index is 15.5. The molecule has 1 aliphatic rings. The van der Waals surface area contributed by atoms with Crippen LogP contribution >= 0.6 is 0 Å². The molecule has 1 atom stereocenters. The van der Waals surface area contributed by atoms with E-state index >= 15 is 4.39 Å². The van der Waals surface area contributed by atoms with Gasteiger partial charge in [0.15, 0.2) is 0 Å². The Labute approximate surface area is 209 Å². The molecule has 2 heterocycles. The number of hydrogen-bond donors (Lipinski definition) is 0. The number of Topliss-reactive ketones (excluding diaryl/α,β-unsaturated/α-hetero) is 1. The number of rotatable bonds is 7. The predicted molar refractivity (Wildman–Crippen MR) is 139 cm³/mol. The highest BCUT2D eigenvalue weighted by molar-refractivity contribution is 6.08. The Balaban J connectivity index is 1.47. The molecule has 1 aromatic heterocycles. The van der Waals surface area contributed by atoms with Gasteiger partial charge in [0.1, 0.15) is 35.3 Å². The van der Waals surface area contributed by atoms with E-state index in [1.807, 2.05) is 48.5 Å². The van der Waals surface area contributed by atoms with Crippen molar-refractivity contribution in [2.45, 2.75) is 19.5 Å². The molecule has 7 heteroatoms. The van der Waals surface area contributed by atoms with E-state index < -0.39 is 11.9 Å². The fourth-order valence-corrected chi connectivity index (χ4v) is 4.46. The van der Waals surface area contributed by atoms with Crippen molar-refractivity contribution in [2.75, 3.05) is 20.7 Å². The number of fused-ring (bicyclic) bond motifs is 1. The highest BCUT2D eigenvalue weighted by Gasteiger charge is 2.32. The van der Waals surface area contributed by atoms with E-state index in [4.69, 9.17) is 4.74 Å². The second-order valence-corrected chi connectivity index (χ2v) is 8.82. The lowest BCUT2D eigenvalue weighted by Gasteiger charge is -2.20. The molecule has 0 spiro atoms. The normalized spacial score (nSPS) is 14.8. The van der Waals surface area contributed by atoms with Gasteiger partial charge in [-0.05, 0) is 60.6 Å². The minimum absolute atomic E-state index is 0.247. The maximum Gasteiger partial charge on any atom is 0.210 e. The number of aromatic nitrogens is 2. The highest BCUT2D eigenvalue weighted by Crippen LogP contribution is 2.33. The van der Waals surface area contributed by atoms with Gasteiger partial charge in [0.25, 0.3) is 0 Å². The predicted octanol–water partition coefficient (Wildman–Crippen LogP) is 5.50. The summed E-state index contributed by atoms with van der Waals surface area (Å²) in [6, 6.07) is 19.4. The topological polar surface area (TPSA) is 59.7 Å². The third-order valence-corrected chi connectivity index (χ3v) is 6.58. The molecule has 0 aliphatic carbocycles. The molecule has 1 unspecified atom stereocenters. The van der Waals surface area contributed by atoms with Gasteiger partial charge in [-0.2, -0.15) is 0 Å². The van der Waals surface area contributed by atoms with Crippen LogP contribution in [0.4, 0.5) is 4.39 Å². The van der Waals surface area contributed by atoms with E-state index in [0.717, 1.165) is 35.5 Å². The van der Waals surface area contributed by atoms with Crippen molar-refractivity contribution >= 4 is 12.0 Å². The van der Waals surface area contributed by atoms with E-state index in [1.54, 1.807) is 30.3 Å². The Morgan fingerprint density at radius 1 is 1.08 bits per heavy atom. The Morgan fingerprint density at radius 2 is 1.86 bits per heavy atom. The number of methoxy groups -OCH3 is 1. The van der Waals surface area contributed by atoms with Gasteiger partial charge in [0.2, 0.25) is 5.78 Å². The maximum atomic E-state index is 15.5. The SMILES string of the molecule is CCN(C)Cc1ccccc1-c1ccc(C2N=Cc3ncn(-c4ccc(OC)cc4)c3C2=O)c(F)c1. The first-order chi connectivity index (χ1) is 17.5. The molecule has 0 fully saturated rings. The summed E-state index contributed by atoms with van der Waals surface area (Å²) >= 11 is 0. The first-order valence-electron chi connectivity index (χ1n) is 11.9. The van der Waals surface area contributed by atoms with Gasteiger partial charge in [-0.1, -0.05) is 43.3 Å². The molecular weight excluding hydrogens is 455 g/mol. The molecule has 6 nitrogen and oxygen atoms in total. The number of imidazole rings is 1. The summed E-state index contributed by atoms with van der Waals surface area (Å²) in [4.78, 5) is 24.4. The summed E-state index contributed by atoms with van der Waals surface area (Å²) in [5.41, 5.74) is 4.73. The van der Waals surface area contributed by atoms with Gasteiger partial charge < -0.3 is 9.64 Å². The Hall–Kier alpha value is -4.10. The number of ether oxygens (including phenoxy) is 1. The van der Waals surface area contributed by atoms with Gasteiger partial charge in [0.05, 0.1) is 13.3 Å². The second kappa shape index (κ2) is 9.87. The number of nitrogens with zero attached hydrogens (tertiary/aromatic N) is 4. The zero-order chi connectivity index (χ0) is 25.2. The summed E-state index contributed by atoms with van der Waals surface area (Å²) in [6.45, 7) is 3.78. The fraction of sp³-hybridized carbons (Fsp3) is 0.207. The number of hydrogen-bond acceptors (Lipinski definition) is 5. The average Bonchev–Trinajstić information content (AvgIpc) is 3.34. The third kappa shape index (κ3) is 4.33. The lowest BCUT2D eigenvalue weighted by Crippen LogP contribution is -2.21.